The number of carbonyl (C=O) groups excluding carboxylic acids is 2. The Balaban J connectivity index is 1.58. The smallest absolute Gasteiger partial charge is 0.322 e. The molecule has 2 aromatic rings. The Morgan fingerprint density at radius 3 is 2.32 bits per heavy atom. The summed E-state index contributed by atoms with van der Waals surface area (Å²) >= 11 is 0.922. The third-order valence-electron chi connectivity index (χ3n) is 5.71. The molecule has 0 unspecified atom stereocenters. The number of primary amides is 2. The molecule has 0 bridgehead atoms. The van der Waals surface area contributed by atoms with Crippen molar-refractivity contribution in [2.24, 2.45) is 11.5 Å². The van der Waals surface area contributed by atoms with Crippen LogP contribution in [-0.4, -0.2) is 41.7 Å². The minimum Gasteiger partial charge on any atom is -0.494 e. The second-order valence-corrected chi connectivity index (χ2v) is 9.05. The normalized spacial score (nSPS) is 14.8. The first kappa shape index (κ1) is 25.4. The molecule has 2 aromatic carbocycles. The largest absolute Gasteiger partial charge is 0.494 e. The van der Waals surface area contributed by atoms with Crippen LogP contribution >= 0.6 is 11.9 Å². The van der Waals surface area contributed by atoms with Gasteiger partial charge in [0.1, 0.15) is 11.8 Å². The van der Waals surface area contributed by atoms with E-state index in [9.17, 15) is 19.5 Å². The second kappa shape index (κ2) is 12.3. The molecular weight excluding hydrogens is 456 g/mol. The van der Waals surface area contributed by atoms with Gasteiger partial charge in [0.2, 0.25) is 5.91 Å². The van der Waals surface area contributed by atoms with Crippen molar-refractivity contribution >= 4 is 29.9 Å². The van der Waals surface area contributed by atoms with Gasteiger partial charge in [-0.15, -0.1) is 0 Å². The van der Waals surface area contributed by atoms with Crippen LogP contribution in [0.2, 0.25) is 0 Å². The van der Waals surface area contributed by atoms with Gasteiger partial charge in [0.25, 0.3) is 0 Å². The Kier molecular flexibility index (Phi) is 9.17. The van der Waals surface area contributed by atoms with Crippen LogP contribution in [-0.2, 0) is 4.79 Å². The standard InChI is InChI=1S/C24H30N4O5S/c25-22(29)19-14-16(8-11-21(19)34-28-24(26)32)15-6-9-18(10-7-15)33-13-12-20(23(30)31)27-17-4-2-1-3-5-17/h6-11,14,17,20,27H,1-5,12-13H2,(H2,25,29)(H,30,31)(H3,26,28,32)/t20-/m0/s1. The number of carbonyl (C=O) groups is 3. The molecule has 0 saturated heterocycles. The van der Waals surface area contributed by atoms with E-state index in [1.807, 2.05) is 18.2 Å². The third kappa shape index (κ3) is 7.39. The summed E-state index contributed by atoms with van der Waals surface area (Å²) in [5, 5.41) is 12.8. The molecule has 3 amide bonds. The summed E-state index contributed by atoms with van der Waals surface area (Å²) in [7, 11) is 0. The molecule has 182 valence electrons. The van der Waals surface area contributed by atoms with Crippen LogP contribution in [0.5, 0.6) is 5.75 Å². The van der Waals surface area contributed by atoms with Crippen molar-refractivity contribution in [1.82, 2.24) is 10.0 Å². The third-order valence-corrected chi connectivity index (χ3v) is 6.59. The maximum Gasteiger partial charge on any atom is 0.322 e. The number of ether oxygens (including phenoxy) is 1. The lowest BCUT2D eigenvalue weighted by molar-refractivity contribution is -0.140. The molecule has 0 radical (unpaired) electrons. The number of nitrogens with one attached hydrogen (secondary N) is 2. The maximum atomic E-state index is 11.8. The fraction of sp³-hybridized carbons (Fsp3) is 0.375. The Labute approximate surface area is 202 Å². The van der Waals surface area contributed by atoms with Crippen LogP contribution in [0.3, 0.4) is 0 Å². The molecule has 1 aliphatic rings. The molecule has 1 aliphatic carbocycles. The lowest BCUT2D eigenvalue weighted by atomic mass is 9.94. The average Bonchev–Trinajstić information content (AvgIpc) is 2.83. The van der Waals surface area contributed by atoms with Crippen LogP contribution in [0.15, 0.2) is 47.4 Å². The maximum absolute atomic E-state index is 11.8. The second-order valence-electron chi connectivity index (χ2n) is 8.20. The van der Waals surface area contributed by atoms with Crippen LogP contribution < -0.4 is 26.2 Å². The summed E-state index contributed by atoms with van der Waals surface area (Å²) in [6.45, 7) is 0.278. The number of amides is 3. The van der Waals surface area contributed by atoms with Crippen LogP contribution in [0.25, 0.3) is 11.1 Å². The van der Waals surface area contributed by atoms with Crippen molar-refractivity contribution in [3.05, 3.63) is 48.0 Å². The van der Waals surface area contributed by atoms with Gasteiger partial charge >= 0.3 is 12.0 Å². The summed E-state index contributed by atoms with van der Waals surface area (Å²) in [6.07, 6.45) is 5.90. The number of hydrogen-bond donors (Lipinski definition) is 5. The van der Waals surface area contributed by atoms with Crippen LogP contribution in [0, 0.1) is 0 Å². The zero-order chi connectivity index (χ0) is 24.5. The summed E-state index contributed by atoms with van der Waals surface area (Å²) < 4.78 is 8.14. The molecule has 1 fully saturated rings. The van der Waals surface area contributed by atoms with E-state index >= 15 is 0 Å². The molecule has 0 aliphatic heterocycles. The number of carboxylic acids is 1. The summed E-state index contributed by atoms with van der Waals surface area (Å²) in [6, 6.07) is 11.3. The van der Waals surface area contributed by atoms with Gasteiger partial charge < -0.3 is 26.6 Å². The molecule has 1 saturated carbocycles. The number of aliphatic carboxylic acids is 1. The van der Waals surface area contributed by atoms with E-state index in [1.165, 1.54) is 6.42 Å². The summed E-state index contributed by atoms with van der Waals surface area (Å²) in [4.78, 5) is 34.9. The predicted molar refractivity (Wildman–Crippen MR) is 131 cm³/mol. The number of nitrogens with two attached hydrogens (primary N) is 2. The number of rotatable bonds is 11. The fourth-order valence-corrected chi connectivity index (χ4v) is 4.58. The minimum absolute atomic E-state index is 0.260. The van der Waals surface area contributed by atoms with Gasteiger partial charge in [0.15, 0.2) is 0 Å². The SMILES string of the molecule is NC(=O)NSc1ccc(-c2ccc(OCC[C@H](NC3CCCCC3)C(=O)O)cc2)cc1C(N)=O. The molecule has 3 rings (SSSR count). The van der Waals surface area contributed by atoms with Gasteiger partial charge in [-0.05, 0) is 60.2 Å². The highest BCUT2D eigenvalue weighted by Crippen LogP contribution is 2.28. The van der Waals surface area contributed by atoms with Crippen LogP contribution in [0.4, 0.5) is 4.79 Å². The number of hydrogen-bond acceptors (Lipinski definition) is 6. The van der Waals surface area contributed by atoms with Crippen molar-refractivity contribution < 1.29 is 24.2 Å². The molecule has 0 spiro atoms. The minimum atomic E-state index is -0.859. The Morgan fingerprint density at radius 1 is 1.03 bits per heavy atom. The first-order chi connectivity index (χ1) is 16.3. The molecular formula is C24H30N4O5S. The molecule has 0 heterocycles. The van der Waals surface area contributed by atoms with E-state index in [-0.39, 0.29) is 18.2 Å². The average molecular weight is 487 g/mol. The monoisotopic (exact) mass is 486 g/mol. The predicted octanol–water partition coefficient (Wildman–Crippen LogP) is 3.27. The van der Waals surface area contributed by atoms with Gasteiger partial charge in [0, 0.05) is 17.4 Å². The first-order valence-corrected chi connectivity index (χ1v) is 12.0. The van der Waals surface area contributed by atoms with Crippen molar-refractivity contribution in [2.45, 2.75) is 55.5 Å². The molecule has 1 atom stereocenters. The highest BCUT2D eigenvalue weighted by Gasteiger charge is 2.23. The van der Waals surface area contributed by atoms with Crippen molar-refractivity contribution in [3.63, 3.8) is 0 Å². The van der Waals surface area contributed by atoms with E-state index in [2.05, 4.69) is 10.0 Å². The van der Waals surface area contributed by atoms with Gasteiger partial charge in [-0.1, -0.05) is 37.5 Å². The zero-order valence-corrected chi connectivity index (χ0v) is 19.6. The van der Waals surface area contributed by atoms with E-state index in [0.717, 1.165) is 48.8 Å². The van der Waals surface area contributed by atoms with E-state index in [1.54, 1.807) is 24.3 Å². The zero-order valence-electron chi connectivity index (χ0n) is 18.8. The molecule has 34 heavy (non-hydrogen) atoms. The highest BCUT2D eigenvalue weighted by molar-refractivity contribution is 7.98. The fourth-order valence-electron chi connectivity index (χ4n) is 3.97. The number of carboxylic acid groups (broad SMARTS) is 1. The highest BCUT2D eigenvalue weighted by atomic mass is 32.2. The quantitative estimate of drug-likeness (QED) is 0.305. The number of urea groups is 1. The lowest BCUT2D eigenvalue weighted by Gasteiger charge is -2.26. The first-order valence-electron chi connectivity index (χ1n) is 11.2. The molecule has 0 aromatic heterocycles. The Morgan fingerprint density at radius 2 is 1.71 bits per heavy atom. The van der Waals surface area contributed by atoms with Crippen molar-refractivity contribution in [1.29, 1.82) is 0 Å². The van der Waals surface area contributed by atoms with Gasteiger partial charge in [-0.2, -0.15) is 0 Å². The molecule has 7 N–H and O–H groups in total. The topological polar surface area (TPSA) is 157 Å². The molecule has 9 nitrogen and oxygen atoms in total. The van der Waals surface area contributed by atoms with Crippen LogP contribution in [0.1, 0.15) is 48.9 Å². The van der Waals surface area contributed by atoms with E-state index < -0.39 is 23.9 Å². The van der Waals surface area contributed by atoms with E-state index in [4.69, 9.17) is 16.2 Å². The van der Waals surface area contributed by atoms with Gasteiger partial charge in [-0.25, -0.2) is 4.79 Å². The Bertz CT molecular complexity index is 1010. The van der Waals surface area contributed by atoms with Gasteiger partial charge in [-0.3, -0.25) is 14.3 Å². The molecule has 10 heteroatoms. The summed E-state index contributed by atoms with van der Waals surface area (Å²) in [5.74, 6) is -0.855. The number of benzene rings is 2. The van der Waals surface area contributed by atoms with Gasteiger partial charge in [0.05, 0.1) is 12.2 Å². The van der Waals surface area contributed by atoms with Crippen molar-refractivity contribution in [3.8, 4) is 16.9 Å². The van der Waals surface area contributed by atoms with E-state index in [0.29, 0.717) is 17.1 Å². The van der Waals surface area contributed by atoms with Crippen molar-refractivity contribution in [2.75, 3.05) is 6.61 Å². The summed E-state index contributed by atoms with van der Waals surface area (Å²) in [5.41, 5.74) is 12.4. The Hall–Kier alpha value is -3.24. The lowest BCUT2D eigenvalue weighted by Crippen LogP contribution is -2.44.